The molecular formula is C13H19BrOS. The van der Waals surface area contributed by atoms with Crippen molar-refractivity contribution in [1.29, 1.82) is 0 Å². The van der Waals surface area contributed by atoms with Crippen LogP contribution in [0.2, 0.25) is 0 Å². The van der Waals surface area contributed by atoms with Crippen LogP contribution in [0.1, 0.15) is 31.1 Å². The first-order valence-corrected chi connectivity index (χ1v) is 7.85. The Labute approximate surface area is 110 Å². The molecule has 1 atom stereocenters. The van der Waals surface area contributed by atoms with Crippen molar-refractivity contribution in [3.8, 4) is 0 Å². The highest BCUT2D eigenvalue weighted by atomic mass is 79.9. The topological polar surface area (TPSA) is 9.23 Å². The Bertz CT molecular complexity index is 293. The smallest absolute Gasteiger partial charge is 0.0580 e. The van der Waals surface area contributed by atoms with Gasteiger partial charge in [0.25, 0.3) is 0 Å². The minimum atomic E-state index is 0.552. The van der Waals surface area contributed by atoms with Crippen molar-refractivity contribution in [2.75, 3.05) is 6.61 Å². The molecule has 1 unspecified atom stereocenters. The first kappa shape index (κ1) is 12.6. The van der Waals surface area contributed by atoms with E-state index in [4.69, 9.17) is 4.74 Å². The molecule has 1 aromatic heterocycles. The largest absolute Gasteiger partial charge is 0.378 e. The van der Waals surface area contributed by atoms with E-state index in [9.17, 15) is 0 Å². The van der Waals surface area contributed by atoms with E-state index < -0.39 is 0 Å². The van der Waals surface area contributed by atoms with Crippen molar-refractivity contribution >= 4 is 27.3 Å². The van der Waals surface area contributed by atoms with E-state index in [1.54, 1.807) is 0 Å². The molecule has 0 aromatic carbocycles. The lowest BCUT2D eigenvalue weighted by Gasteiger charge is -2.36. The van der Waals surface area contributed by atoms with Crippen molar-refractivity contribution in [1.82, 2.24) is 0 Å². The second kappa shape index (κ2) is 6.18. The van der Waals surface area contributed by atoms with Crippen molar-refractivity contribution in [3.05, 3.63) is 22.4 Å². The van der Waals surface area contributed by atoms with Crippen LogP contribution >= 0.6 is 27.3 Å². The second-order valence-corrected chi connectivity index (χ2v) is 6.86. The quantitative estimate of drug-likeness (QED) is 0.714. The van der Waals surface area contributed by atoms with Gasteiger partial charge in [0.1, 0.15) is 0 Å². The molecule has 1 heterocycles. The monoisotopic (exact) mass is 302 g/mol. The van der Waals surface area contributed by atoms with Crippen LogP contribution in [0.25, 0.3) is 0 Å². The molecule has 2 rings (SSSR count). The zero-order valence-corrected chi connectivity index (χ0v) is 12.1. The normalized spacial score (nSPS) is 26.4. The van der Waals surface area contributed by atoms with Crippen molar-refractivity contribution in [3.63, 3.8) is 0 Å². The predicted molar refractivity (Wildman–Crippen MR) is 73.5 cm³/mol. The number of alkyl halides is 1. The van der Waals surface area contributed by atoms with E-state index in [1.807, 2.05) is 11.3 Å². The summed E-state index contributed by atoms with van der Waals surface area (Å²) in [5, 5.41) is 2.16. The molecule has 0 radical (unpaired) electrons. The molecule has 0 N–H and O–H groups in total. The standard InChI is InChI=1S/C13H19BrOS/c1-2-15-12-7-10(8-12)6-11(14)9-13-4-3-5-16-13/h3-5,10-12H,2,6-9H2,1H3. The van der Waals surface area contributed by atoms with Crippen molar-refractivity contribution in [2.24, 2.45) is 5.92 Å². The van der Waals surface area contributed by atoms with Gasteiger partial charge in [-0.05, 0) is 50.0 Å². The molecule has 0 aliphatic heterocycles. The van der Waals surface area contributed by atoms with Crippen LogP contribution < -0.4 is 0 Å². The minimum Gasteiger partial charge on any atom is -0.378 e. The number of thiophene rings is 1. The molecule has 1 aliphatic rings. The molecule has 0 amide bonds. The highest BCUT2D eigenvalue weighted by Gasteiger charge is 2.30. The highest BCUT2D eigenvalue weighted by molar-refractivity contribution is 9.09. The van der Waals surface area contributed by atoms with E-state index in [1.165, 1.54) is 30.6 Å². The fraction of sp³-hybridized carbons (Fsp3) is 0.692. The summed E-state index contributed by atoms with van der Waals surface area (Å²) in [6, 6.07) is 4.36. The average molecular weight is 303 g/mol. The second-order valence-electron chi connectivity index (χ2n) is 4.53. The SMILES string of the molecule is CCOC1CC(CC(Br)Cc2cccs2)C1. The van der Waals surface area contributed by atoms with Crippen molar-refractivity contribution < 1.29 is 4.74 Å². The third-order valence-corrected chi connectivity index (χ3v) is 4.78. The molecule has 0 spiro atoms. The zero-order valence-electron chi connectivity index (χ0n) is 9.69. The van der Waals surface area contributed by atoms with E-state index in [-0.39, 0.29) is 0 Å². The molecule has 0 bridgehead atoms. The lowest BCUT2D eigenvalue weighted by molar-refractivity contribution is -0.0263. The van der Waals surface area contributed by atoms with Crippen LogP contribution in [-0.4, -0.2) is 17.5 Å². The fourth-order valence-corrected chi connectivity index (χ4v) is 4.21. The van der Waals surface area contributed by atoms with Gasteiger partial charge in [-0.25, -0.2) is 0 Å². The first-order valence-electron chi connectivity index (χ1n) is 6.06. The molecule has 90 valence electrons. The molecular weight excluding hydrogens is 284 g/mol. The van der Waals surface area contributed by atoms with Crippen LogP contribution in [0.5, 0.6) is 0 Å². The molecule has 1 aliphatic carbocycles. The summed E-state index contributed by atoms with van der Waals surface area (Å²) in [7, 11) is 0. The third-order valence-electron chi connectivity index (χ3n) is 3.19. The van der Waals surface area contributed by atoms with Crippen LogP contribution in [0.15, 0.2) is 17.5 Å². The lowest BCUT2D eigenvalue weighted by atomic mass is 9.79. The average Bonchev–Trinajstić information content (AvgIpc) is 2.67. The first-order chi connectivity index (χ1) is 7.78. The summed E-state index contributed by atoms with van der Waals surface area (Å²) in [6.45, 7) is 2.95. The van der Waals surface area contributed by atoms with Gasteiger partial charge in [0.05, 0.1) is 6.10 Å². The maximum Gasteiger partial charge on any atom is 0.0580 e. The van der Waals surface area contributed by atoms with Gasteiger partial charge in [-0.2, -0.15) is 0 Å². The predicted octanol–water partition coefficient (Wildman–Crippen LogP) is 4.26. The van der Waals surface area contributed by atoms with E-state index in [2.05, 4.69) is 40.4 Å². The van der Waals surface area contributed by atoms with Crippen LogP contribution in [0, 0.1) is 5.92 Å². The van der Waals surface area contributed by atoms with Crippen LogP contribution in [-0.2, 0) is 11.2 Å². The summed E-state index contributed by atoms with van der Waals surface area (Å²) in [6.07, 6.45) is 5.55. The van der Waals surface area contributed by atoms with Gasteiger partial charge < -0.3 is 4.74 Å². The molecule has 1 aromatic rings. The molecule has 16 heavy (non-hydrogen) atoms. The molecule has 3 heteroatoms. The third kappa shape index (κ3) is 3.57. The Morgan fingerprint density at radius 1 is 1.56 bits per heavy atom. The van der Waals surface area contributed by atoms with Crippen LogP contribution in [0.3, 0.4) is 0 Å². The Balaban J connectivity index is 1.64. The van der Waals surface area contributed by atoms with Gasteiger partial charge >= 0.3 is 0 Å². The number of hydrogen-bond donors (Lipinski definition) is 0. The number of rotatable bonds is 6. The van der Waals surface area contributed by atoms with E-state index in [0.29, 0.717) is 10.9 Å². The van der Waals surface area contributed by atoms with E-state index in [0.717, 1.165) is 12.5 Å². The summed E-state index contributed by atoms with van der Waals surface area (Å²) in [5.74, 6) is 0.876. The van der Waals surface area contributed by atoms with Gasteiger partial charge in [-0.1, -0.05) is 22.0 Å². The van der Waals surface area contributed by atoms with Crippen LogP contribution in [0.4, 0.5) is 0 Å². The maximum atomic E-state index is 5.58. The number of halogens is 1. The van der Waals surface area contributed by atoms with Gasteiger partial charge in [0.15, 0.2) is 0 Å². The summed E-state index contributed by atoms with van der Waals surface area (Å²) >= 11 is 5.66. The van der Waals surface area contributed by atoms with E-state index >= 15 is 0 Å². The number of ether oxygens (including phenoxy) is 1. The Morgan fingerprint density at radius 3 is 3.00 bits per heavy atom. The molecule has 1 nitrogen and oxygen atoms in total. The minimum absolute atomic E-state index is 0.552. The zero-order chi connectivity index (χ0) is 11.4. The number of hydrogen-bond acceptors (Lipinski definition) is 2. The fourth-order valence-electron chi connectivity index (χ4n) is 2.33. The highest BCUT2D eigenvalue weighted by Crippen LogP contribution is 2.35. The van der Waals surface area contributed by atoms with Crippen molar-refractivity contribution in [2.45, 2.75) is 43.5 Å². The lowest BCUT2D eigenvalue weighted by Crippen LogP contribution is -2.33. The Kier molecular flexibility index (Phi) is 4.86. The Hall–Kier alpha value is 0.140. The Morgan fingerprint density at radius 2 is 2.38 bits per heavy atom. The van der Waals surface area contributed by atoms with Gasteiger partial charge in [0, 0.05) is 16.3 Å². The van der Waals surface area contributed by atoms with Gasteiger partial charge in [-0.15, -0.1) is 11.3 Å². The summed E-state index contributed by atoms with van der Waals surface area (Å²) in [4.78, 5) is 2.13. The summed E-state index contributed by atoms with van der Waals surface area (Å²) in [5.41, 5.74) is 0. The molecule has 0 saturated heterocycles. The maximum absolute atomic E-state index is 5.58. The molecule has 1 saturated carbocycles. The molecule has 1 fully saturated rings. The van der Waals surface area contributed by atoms with Gasteiger partial charge in [0.2, 0.25) is 0 Å². The van der Waals surface area contributed by atoms with Gasteiger partial charge in [-0.3, -0.25) is 0 Å². The summed E-state index contributed by atoms with van der Waals surface area (Å²) < 4.78 is 5.58.